The van der Waals surface area contributed by atoms with Gasteiger partial charge in [0.05, 0.1) is 25.0 Å². The van der Waals surface area contributed by atoms with Crippen LogP contribution in [0.25, 0.3) is 0 Å². The Morgan fingerprint density at radius 3 is 3.18 bits per heavy atom. The Balaban J connectivity index is 1.87. The van der Waals surface area contributed by atoms with Gasteiger partial charge in [-0.3, -0.25) is 4.68 Å². The van der Waals surface area contributed by atoms with Gasteiger partial charge < -0.3 is 10.1 Å². The zero-order valence-electron chi connectivity index (χ0n) is 10.9. The molecule has 4 nitrogen and oxygen atoms in total. The van der Waals surface area contributed by atoms with Crippen LogP contribution in [0.1, 0.15) is 32.6 Å². The SMILES string of the molecule is CCC1CCCC1Nc1cnn(CCOC)c1. The molecule has 0 saturated heterocycles. The molecule has 1 aliphatic rings. The first-order chi connectivity index (χ1) is 8.33. The van der Waals surface area contributed by atoms with E-state index in [0.717, 1.165) is 18.2 Å². The number of aromatic nitrogens is 2. The van der Waals surface area contributed by atoms with Gasteiger partial charge in [-0.15, -0.1) is 0 Å². The lowest BCUT2D eigenvalue weighted by Gasteiger charge is -2.19. The highest BCUT2D eigenvalue weighted by molar-refractivity contribution is 5.39. The van der Waals surface area contributed by atoms with Crippen LogP contribution in [0.3, 0.4) is 0 Å². The van der Waals surface area contributed by atoms with Crippen molar-refractivity contribution in [2.24, 2.45) is 5.92 Å². The molecule has 2 atom stereocenters. The molecule has 0 aromatic carbocycles. The predicted octanol–water partition coefficient (Wildman–Crippen LogP) is 2.52. The molecule has 0 bridgehead atoms. The molecule has 1 aliphatic carbocycles. The number of ether oxygens (including phenoxy) is 1. The maximum absolute atomic E-state index is 5.04. The zero-order valence-corrected chi connectivity index (χ0v) is 10.9. The number of rotatable bonds is 6. The highest BCUT2D eigenvalue weighted by Gasteiger charge is 2.25. The van der Waals surface area contributed by atoms with Gasteiger partial charge in [-0.1, -0.05) is 19.8 Å². The van der Waals surface area contributed by atoms with Crippen molar-refractivity contribution in [2.75, 3.05) is 19.0 Å². The fourth-order valence-corrected chi connectivity index (χ4v) is 2.67. The lowest BCUT2D eigenvalue weighted by atomic mass is 10.0. The van der Waals surface area contributed by atoms with Crippen LogP contribution in [0, 0.1) is 5.92 Å². The van der Waals surface area contributed by atoms with Crippen molar-refractivity contribution in [2.45, 2.75) is 45.2 Å². The highest BCUT2D eigenvalue weighted by Crippen LogP contribution is 2.30. The van der Waals surface area contributed by atoms with Gasteiger partial charge >= 0.3 is 0 Å². The number of nitrogens with one attached hydrogen (secondary N) is 1. The monoisotopic (exact) mass is 237 g/mol. The van der Waals surface area contributed by atoms with Crippen LogP contribution in [-0.4, -0.2) is 29.5 Å². The average molecular weight is 237 g/mol. The minimum absolute atomic E-state index is 0.639. The molecule has 2 rings (SSSR count). The van der Waals surface area contributed by atoms with Crippen molar-refractivity contribution >= 4 is 5.69 Å². The molecule has 17 heavy (non-hydrogen) atoms. The summed E-state index contributed by atoms with van der Waals surface area (Å²) in [5.74, 6) is 0.831. The van der Waals surface area contributed by atoms with Gasteiger partial charge in [0, 0.05) is 19.3 Å². The van der Waals surface area contributed by atoms with Crippen molar-refractivity contribution < 1.29 is 4.74 Å². The predicted molar refractivity (Wildman–Crippen MR) is 69.1 cm³/mol. The fourth-order valence-electron chi connectivity index (χ4n) is 2.67. The number of nitrogens with zero attached hydrogens (tertiary/aromatic N) is 2. The van der Waals surface area contributed by atoms with Gasteiger partial charge in [-0.2, -0.15) is 5.10 Å². The van der Waals surface area contributed by atoms with Crippen LogP contribution < -0.4 is 5.32 Å². The van der Waals surface area contributed by atoms with Crippen molar-refractivity contribution in [1.29, 1.82) is 0 Å². The molecule has 0 amide bonds. The van der Waals surface area contributed by atoms with E-state index in [2.05, 4.69) is 23.5 Å². The van der Waals surface area contributed by atoms with E-state index in [1.165, 1.54) is 25.7 Å². The first kappa shape index (κ1) is 12.4. The van der Waals surface area contributed by atoms with Crippen LogP contribution in [0.5, 0.6) is 0 Å². The van der Waals surface area contributed by atoms with Crippen molar-refractivity contribution in [1.82, 2.24) is 9.78 Å². The summed E-state index contributed by atoms with van der Waals surface area (Å²) in [7, 11) is 1.72. The third-order valence-electron chi connectivity index (χ3n) is 3.69. The molecule has 1 heterocycles. The molecule has 4 heteroatoms. The van der Waals surface area contributed by atoms with E-state index < -0.39 is 0 Å². The Kier molecular flexibility index (Phi) is 4.42. The largest absolute Gasteiger partial charge is 0.383 e. The topological polar surface area (TPSA) is 39.1 Å². The van der Waals surface area contributed by atoms with E-state index in [-0.39, 0.29) is 0 Å². The first-order valence-electron chi connectivity index (χ1n) is 6.61. The van der Waals surface area contributed by atoms with Gasteiger partial charge in [0.25, 0.3) is 0 Å². The van der Waals surface area contributed by atoms with Crippen LogP contribution >= 0.6 is 0 Å². The molecule has 2 unspecified atom stereocenters. The molecular formula is C13H23N3O. The third-order valence-corrected chi connectivity index (χ3v) is 3.69. The minimum atomic E-state index is 0.639. The molecule has 0 spiro atoms. The highest BCUT2D eigenvalue weighted by atomic mass is 16.5. The van der Waals surface area contributed by atoms with Crippen LogP contribution in [-0.2, 0) is 11.3 Å². The van der Waals surface area contributed by atoms with Gasteiger partial charge in [0.2, 0.25) is 0 Å². The van der Waals surface area contributed by atoms with Crippen LogP contribution in [0.15, 0.2) is 12.4 Å². The standard InChI is InChI=1S/C13H23N3O/c1-3-11-5-4-6-13(11)15-12-9-14-16(10-12)7-8-17-2/h9-11,13,15H,3-8H2,1-2H3. The molecule has 1 saturated carbocycles. The van der Waals surface area contributed by atoms with E-state index in [1.807, 2.05) is 10.9 Å². The smallest absolute Gasteiger partial charge is 0.0728 e. The molecule has 0 aliphatic heterocycles. The number of hydrogen-bond acceptors (Lipinski definition) is 3. The molecule has 0 radical (unpaired) electrons. The second-order valence-corrected chi connectivity index (χ2v) is 4.83. The summed E-state index contributed by atoms with van der Waals surface area (Å²) < 4.78 is 6.97. The van der Waals surface area contributed by atoms with Gasteiger partial charge in [0.15, 0.2) is 0 Å². The third kappa shape index (κ3) is 3.22. The van der Waals surface area contributed by atoms with Crippen molar-refractivity contribution in [3.05, 3.63) is 12.4 Å². The molecule has 1 fully saturated rings. The Hall–Kier alpha value is -1.03. The normalized spacial score (nSPS) is 24.1. The number of methoxy groups -OCH3 is 1. The van der Waals surface area contributed by atoms with Crippen LogP contribution in [0.2, 0.25) is 0 Å². The summed E-state index contributed by atoms with van der Waals surface area (Å²) in [6.45, 7) is 3.81. The Bertz CT molecular complexity index is 337. The maximum atomic E-state index is 5.04. The van der Waals surface area contributed by atoms with Gasteiger partial charge in [0.1, 0.15) is 0 Å². The summed E-state index contributed by atoms with van der Waals surface area (Å²) in [4.78, 5) is 0. The summed E-state index contributed by atoms with van der Waals surface area (Å²) in [6.07, 6.45) is 9.28. The lowest BCUT2D eigenvalue weighted by molar-refractivity contribution is 0.183. The Morgan fingerprint density at radius 1 is 1.53 bits per heavy atom. The van der Waals surface area contributed by atoms with Crippen LogP contribution in [0.4, 0.5) is 5.69 Å². The summed E-state index contributed by atoms with van der Waals surface area (Å²) in [6, 6.07) is 0.639. The van der Waals surface area contributed by atoms with E-state index in [1.54, 1.807) is 7.11 Å². The summed E-state index contributed by atoms with van der Waals surface area (Å²) in [5, 5.41) is 7.94. The Labute approximate surface area is 103 Å². The first-order valence-corrected chi connectivity index (χ1v) is 6.61. The Morgan fingerprint density at radius 2 is 2.41 bits per heavy atom. The molecule has 96 valence electrons. The molecule has 1 N–H and O–H groups in total. The van der Waals surface area contributed by atoms with Gasteiger partial charge in [-0.05, 0) is 18.8 Å². The second kappa shape index (κ2) is 6.05. The molecule has 1 aromatic rings. The molecular weight excluding hydrogens is 214 g/mol. The van der Waals surface area contributed by atoms with E-state index in [9.17, 15) is 0 Å². The lowest BCUT2D eigenvalue weighted by Crippen LogP contribution is -2.23. The van der Waals surface area contributed by atoms with E-state index >= 15 is 0 Å². The minimum Gasteiger partial charge on any atom is -0.383 e. The van der Waals surface area contributed by atoms with E-state index in [0.29, 0.717) is 12.6 Å². The van der Waals surface area contributed by atoms with Crippen molar-refractivity contribution in [3.8, 4) is 0 Å². The number of anilines is 1. The summed E-state index contributed by atoms with van der Waals surface area (Å²) >= 11 is 0. The van der Waals surface area contributed by atoms with E-state index in [4.69, 9.17) is 4.74 Å². The van der Waals surface area contributed by atoms with Crippen molar-refractivity contribution in [3.63, 3.8) is 0 Å². The maximum Gasteiger partial charge on any atom is 0.0728 e. The quantitative estimate of drug-likeness (QED) is 0.826. The summed E-state index contributed by atoms with van der Waals surface area (Å²) in [5.41, 5.74) is 1.14. The van der Waals surface area contributed by atoms with Gasteiger partial charge in [-0.25, -0.2) is 0 Å². The molecule has 1 aromatic heterocycles. The zero-order chi connectivity index (χ0) is 12.1. The fraction of sp³-hybridized carbons (Fsp3) is 0.769. The second-order valence-electron chi connectivity index (χ2n) is 4.83. The number of hydrogen-bond donors (Lipinski definition) is 1. The average Bonchev–Trinajstić information content (AvgIpc) is 2.96.